The molecule has 0 aliphatic carbocycles. The molecule has 0 fully saturated rings. The lowest BCUT2D eigenvalue weighted by Crippen LogP contribution is -2.52. The van der Waals surface area contributed by atoms with Crippen molar-refractivity contribution in [1.29, 1.82) is 0 Å². The van der Waals surface area contributed by atoms with Crippen molar-refractivity contribution >= 4 is 11.9 Å². The molecule has 0 aromatic heterocycles. The third-order valence-corrected chi connectivity index (χ3v) is 3.06. The first-order valence-corrected chi connectivity index (χ1v) is 6.95. The molecule has 8 heteroatoms. The standard InChI is InChI=1S/C15H19F3N2O3/c1-10(14(22)23-2)20-13(21)12(19-9-15(16,17)18)8-11-6-4-3-5-7-11/h3-7,10,12,19H,8-9H2,1-2H3,(H,20,21)/t10-,12+/m1/s1. The van der Waals surface area contributed by atoms with E-state index in [2.05, 4.69) is 15.4 Å². The Morgan fingerprint density at radius 1 is 1.22 bits per heavy atom. The lowest BCUT2D eigenvalue weighted by molar-refractivity contribution is -0.145. The molecule has 2 atom stereocenters. The average molecular weight is 332 g/mol. The number of carbonyl (C=O) groups excluding carboxylic acids is 2. The lowest BCUT2D eigenvalue weighted by atomic mass is 10.0. The number of methoxy groups -OCH3 is 1. The highest BCUT2D eigenvalue weighted by molar-refractivity contribution is 5.87. The van der Waals surface area contributed by atoms with E-state index in [0.29, 0.717) is 5.56 Å². The van der Waals surface area contributed by atoms with Gasteiger partial charge in [0.25, 0.3) is 0 Å². The third kappa shape index (κ3) is 7.14. The molecule has 1 aromatic carbocycles. The van der Waals surface area contributed by atoms with E-state index in [1.54, 1.807) is 30.3 Å². The molecule has 0 heterocycles. The van der Waals surface area contributed by atoms with E-state index in [9.17, 15) is 22.8 Å². The number of halogens is 3. The average Bonchev–Trinajstić information content (AvgIpc) is 2.50. The molecule has 0 radical (unpaired) electrons. The number of hydrogen-bond acceptors (Lipinski definition) is 4. The first-order chi connectivity index (χ1) is 10.7. The Morgan fingerprint density at radius 3 is 2.35 bits per heavy atom. The summed E-state index contributed by atoms with van der Waals surface area (Å²) in [5.74, 6) is -1.37. The summed E-state index contributed by atoms with van der Waals surface area (Å²) < 4.78 is 41.7. The van der Waals surface area contributed by atoms with Gasteiger partial charge in [-0.1, -0.05) is 30.3 Å². The molecule has 1 rings (SSSR count). The molecule has 1 aromatic rings. The van der Waals surface area contributed by atoms with Gasteiger partial charge in [0.1, 0.15) is 6.04 Å². The van der Waals surface area contributed by atoms with E-state index in [-0.39, 0.29) is 6.42 Å². The van der Waals surface area contributed by atoms with Crippen LogP contribution >= 0.6 is 0 Å². The minimum absolute atomic E-state index is 0.0661. The summed E-state index contributed by atoms with van der Waals surface area (Å²) in [5.41, 5.74) is 0.702. The quantitative estimate of drug-likeness (QED) is 0.741. The zero-order chi connectivity index (χ0) is 17.5. The Hall–Kier alpha value is -2.09. The van der Waals surface area contributed by atoms with Crippen LogP contribution in [0.25, 0.3) is 0 Å². The van der Waals surface area contributed by atoms with Crippen LogP contribution in [0.3, 0.4) is 0 Å². The Bertz CT molecular complexity index is 520. The van der Waals surface area contributed by atoms with Gasteiger partial charge >= 0.3 is 12.1 Å². The normalized spacial score (nSPS) is 14.0. The topological polar surface area (TPSA) is 67.4 Å². The van der Waals surface area contributed by atoms with Crippen LogP contribution in [0.4, 0.5) is 13.2 Å². The van der Waals surface area contributed by atoms with Gasteiger partial charge in [-0.2, -0.15) is 13.2 Å². The monoisotopic (exact) mass is 332 g/mol. The highest BCUT2D eigenvalue weighted by Crippen LogP contribution is 2.13. The molecular formula is C15H19F3N2O3. The summed E-state index contributed by atoms with van der Waals surface area (Å²) in [6, 6.07) is 6.57. The van der Waals surface area contributed by atoms with Crippen molar-refractivity contribution < 1.29 is 27.5 Å². The van der Waals surface area contributed by atoms with Crippen molar-refractivity contribution in [3.05, 3.63) is 35.9 Å². The number of amides is 1. The van der Waals surface area contributed by atoms with Gasteiger partial charge in [-0.25, -0.2) is 4.79 Å². The Kier molecular flexibility index (Phi) is 7.02. The van der Waals surface area contributed by atoms with E-state index in [1.807, 2.05) is 0 Å². The summed E-state index contributed by atoms with van der Waals surface area (Å²) in [6.07, 6.45) is -4.38. The van der Waals surface area contributed by atoms with Crippen molar-refractivity contribution in [2.75, 3.05) is 13.7 Å². The van der Waals surface area contributed by atoms with Crippen LogP contribution in [0, 0.1) is 0 Å². The van der Waals surface area contributed by atoms with Crippen LogP contribution in [0.2, 0.25) is 0 Å². The molecule has 0 spiro atoms. The minimum atomic E-state index is -4.44. The van der Waals surface area contributed by atoms with Gasteiger partial charge in [-0.05, 0) is 18.9 Å². The summed E-state index contributed by atoms with van der Waals surface area (Å²) in [4.78, 5) is 23.5. The Balaban J connectivity index is 2.77. The summed E-state index contributed by atoms with van der Waals surface area (Å²) in [5, 5.41) is 4.52. The number of alkyl halides is 3. The summed E-state index contributed by atoms with van der Waals surface area (Å²) in [7, 11) is 1.16. The Morgan fingerprint density at radius 2 is 1.83 bits per heavy atom. The summed E-state index contributed by atoms with van der Waals surface area (Å²) >= 11 is 0. The second kappa shape index (κ2) is 8.52. The van der Waals surface area contributed by atoms with Crippen molar-refractivity contribution in [2.24, 2.45) is 0 Å². The van der Waals surface area contributed by atoms with Crippen molar-refractivity contribution in [1.82, 2.24) is 10.6 Å². The predicted molar refractivity (Wildman–Crippen MR) is 77.6 cm³/mol. The second-order valence-corrected chi connectivity index (χ2v) is 4.99. The zero-order valence-corrected chi connectivity index (χ0v) is 12.8. The van der Waals surface area contributed by atoms with Gasteiger partial charge in [0, 0.05) is 0 Å². The molecule has 128 valence electrons. The van der Waals surface area contributed by atoms with Crippen molar-refractivity contribution in [3.63, 3.8) is 0 Å². The van der Waals surface area contributed by atoms with Gasteiger partial charge in [0.05, 0.1) is 19.7 Å². The fourth-order valence-corrected chi connectivity index (χ4v) is 1.90. The molecule has 23 heavy (non-hydrogen) atoms. The van der Waals surface area contributed by atoms with E-state index in [1.165, 1.54) is 6.92 Å². The van der Waals surface area contributed by atoms with Crippen molar-refractivity contribution in [3.8, 4) is 0 Å². The minimum Gasteiger partial charge on any atom is -0.467 e. The highest BCUT2D eigenvalue weighted by atomic mass is 19.4. The molecule has 0 bridgehead atoms. The molecule has 2 N–H and O–H groups in total. The van der Waals surface area contributed by atoms with Crippen LogP contribution in [0.1, 0.15) is 12.5 Å². The van der Waals surface area contributed by atoms with E-state index in [0.717, 1.165) is 7.11 Å². The first-order valence-electron chi connectivity index (χ1n) is 6.95. The van der Waals surface area contributed by atoms with Gasteiger partial charge in [-0.15, -0.1) is 0 Å². The number of carbonyl (C=O) groups is 2. The van der Waals surface area contributed by atoms with Crippen LogP contribution in [-0.4, -0.2) is 43.8 Å². The SMILES string of the molecule is COC(=O)[C@@H](C)NC(=O)[C@H](Cc1ccccc1)NCC(F)(F)F. The maximum absolute atomic E-state index is 12.4. The number of benzene rings is 1. The molecule has 0 aliphatic rings. The van der Waals surface area contributed by atoms with Crippen LogP contribution in [0.15, 0.2) is 30.3 Å². The fourth-order valence-electron chi connectivity index (χ4n) is 1.90. The van der Waals surface area contributed by atoms with Gasteiger partial charge in [0.15, 0.2) is 0 Å². The van der Waals surface area contributed by atoms with Gasteiger partial charge < -0.3 is 10.1 Å². The van der Waals surface area contributed by atoms with Crippen molar-refractivity contribution in [2.45, 2.75) is 31.6 Å². The van der Waals surface area contributed by atoms with Crippen LogP contribution in [-0.2, 0) is 20.7 Å². The maximum Gasteiger partial charge on any atom is 0.401 e. The van der Waals surface area contributed by atoms with Crippen LogP contribution < -0.4 is 10.6 Å². The fraction of sp³-hybridized carbons (Fsp3) is 0.467. The lowest BCUT2D eigenvalue weighted by Gasteiger charge is -2.21. The zero-order valence-electron chi connectivity index (χ0n) is 12.8. The number of rotatable bonds is 7. The smallest absolute Gasteiger partial charge is 0.401 e. The number of nitrogens with one attached hydrogen (secondary N) is 2. The molecular weight excluding hydrogens is 313 g/mol. The molecule has 0 saturated carbocycles. The second-order valence-electron chi connectivity index (χ2n) is 4.99. The molecule has 0 aliphatic heterocycles. The highest BCUT2D eigenvalue weighted by Gasteiger charge is 2.31. The van der Waals surface area contributed by atoms with E-state index >= 15 is 0 Å². The summed E-state index contributed by atoms with van der Waals surface area (Å²) in [6.45, 7) is 0.0948. The third-order valence-electron chi connectivity index (χ3n) is 3.06. The largest absolute Gasteiger partial charge is 0.467 e. The number of esters is 1. The predicted octanol–water partition coefficient (Wildman–Crippen LogP) is 1.43. The van der Waals surface area contributed by atoms with E-state index < -0.39 is 36.7 Å². The maximum atomic E-state index is 12.4. The van der Waals surface area contributed by atoms with Gasteiger partial charge in [-0.3, -0.25) is 10.1 Å². The van der Waals surface area contributed by atoms with Gasteiger partial charge in [0.2, 0.25) is 5.91 Å². The molecule has 0 saturated heterocycles. The van der Waals surface area contributed by atoms with Crippen LogP contribution in [0.5, 0.6) is 0 Å². The number of ether oxygens (including phenoxy) is 1. The Labute approximate surface area is 132 Å². The molecule has 1 amide bonds. The number of hydrogen-bond donors (Lipinski definition) is 2. The van der Waals surface area contributed by atoms with E-state index in [4.69, 9.17) is 0 Å². The first kappa shape index (κ1) is 19.0. The molecule has 5 nitrogen and oxygen atoms in total. The molecule has 0 unspecified atom stereocenters.